The Morgan fingerprint density at radius 2 is 2.05 bits per heavy atom. The fraction of sp³-hybridized carbons (Fsp3) is 0.200. The molecule has 0 saturated carbocycles. The average molecular weight is 269 g/mol. The second kappa shape index (κ2) is 4.23. The van der Waals surface area contributed by atoms with Crippen LogP contribution >= 0.6 is 0 Å². The van der Waals surface area contributed by atoms with Crippen LogP contribution in [0.15, 0.2) is 24.3 Å². The van der Waals surface area contributed by atoms with E-state index in [2.05, 4.69) is 39.9 Å². The zero-order valence-corrected chi connectivity index (χ0v) is 11.6. The van der Waals surface area contributed by atoms with Crippen molar-refractivity contribution >= 4 is 16.9 Å². The molecule has 5 nitrogen and oxygen atoms in total. The molecule has 102 valence electrons. The molecular weight excluding hydrogens is 254 g/mol. The lowest BCUT2D eigenvalue weighted by Gasteiger charge is -1.99. The third-order valence-corrected chi connectivity index (χ3v) is 3.71. The lowest BCUT2D eigenvalue weighted by Crippen LogP contribution is -1.95. The standard InChI is InChI=1S/C15H15N3O2/c1-8-4-5-10-13(6-8)18(3)9(2)14(10)11-7-12(15(19)20)17-16-11/h4-7H,1-3H3,(H,16,17)(H,19,20). The Morgan fingerprint density at radius 3 is 2.70 bits per heavy atom. The minimum Gasteiger partial charge on any atom is -0.477 e. The van der Waals surface area contributed by atoms with E-state index >= 15 is 0 Å². The smallest absolute Gasteiger partial charge is 0.353 e. The van der Waals surface area contributed by atoms with Crippen LogP contribution in [0.2, 0.25) is 0 Å². The van der Waals surface area contributed by atoms with Crippen molar-refractivity contribution in [3.05, 3.63) is 41.2 Å². The zero-order chi connectivity index (χ0) is 14.4. The van der Waals surface area contributed by atoms with Gasteiger partial charge in [-0.2, -0.15) is 5.10 Å². The summed E-state index contributed by atoms with van der Waals surface area (Å²) in [6.45, 7) is 4.07. The van der Waals surface area contributed by atoms with Crippen LogP contribution in [0.25, 0.3) is 22.2 Å². The molecule has 0 spiro atoms. The Hall–Kier alpha value is -2.56. The quantitative estimate of drug-likeness (QED) is 0.751. The van der Waals surface area contributed by atoms with E-state index in [0.29, 0.717) is 5.69 Å². The highest BCUT2D eigenvalue weighted by atomic mass is 16.4. The van der Waals surface area contributed by atoms with Crippen LogP contribution in [-0.4, -0.2) is 25.8 Å². The van der Waals surface area contributed by atoms with Gasteiger partial charge in [-0.1, -0.05) is 12.1 Å². The van der Waals surface area contributed by atoms with Gasteiger partial charge >= 0.3 is 5.97 Å². The first-order valence-corrected chi connectivity index (χ1v) is 6.33. The molecule has 3 rings (SSSR count). The number of nitrogens with one attached hydrogen (secondary N) is 1. The maximum absolute atomic E-state index is 11.0. The van der Waals surface area contributed by atoms with Gasteiger partial charge in [-0.3, -0.25) is 5.10 Å². The summed E-state index contributed by atoms with van der Waals surface area (Å²) in [5.74, 6) is -1.00. The number of benzene rings is 1. The van der Waals surface area contributed by atoms with Crippen LogP contribution in [0, 0.1) is 13.8 Å². The highest BCUT2D eigenvalue weighted by Crippen LogP contribution is 2.33. The Bertz CT molecular complexity index is 827. The predicted octanol–water partition coefficient (Wildman–Crippen LogP) is 2.88. The Kier molecular flexibility index (Phi) is 2.64. The van der Waals surface area contributed by atoms with Crippen molar-refractivity contribution in [2.45, 2.75) is 13.8 Å². The number of carboxylic acids is 1. The van der Waals surface area contributed by atoms with Gasteiger partial charge in [0.2, 0.25) is 0 Å². The Labute approximate surface area is 115 Å². The largest absolute Gasteiger partial charge is 0.477 e. The highest BCUT2D eigenvalue weighted by Gasteiger charge is 2.17. The highest BCUT2D eigenvalue weighted by molar-refractivity contribution is 5.98. The number of H-pyrrole nitrogens is 1. The van der Waals surface area contributed by atoms with Crippen LogP contribution in [0.3, 0.4) is 0 Å². The maximum atomic E-state index is 11.0. The molecule has 2 heterocycles. The summed E-state index contributed by atoms with van der Waals surface area (Å²) in [5, 5.41) is 16.8. The topological polar surface area (TPSA) is 70.9 Å². The van der Waals surface area contributed by atoms with Gasteiger partial charge in [0.1, 0.15) is 5.69 Å². The molecule has 0 atom stereocenters. The minimum atomic E-state index is -1.00. The lowest BCUT2D eigenvalue weighted by atomic mass is 10.1. The van der Waals surface area contributed by atoms with E-state index < -0.39 is 5.97 Å². The summed E-state index contributed by atoms with van der Waals surface area (Å²) >= 11 is 0. The van der Waals surface area contributed by atoms with Gasteiger partial charge in [0.15, 0.2) is 0 Å². The number of aromatic carboxylic acids is 1. The second-order valence-electron chi connectivity index (χ2n) is 5.01. The van der Waals surface area contributed by atoms with E-state index in [1.807, 2.05) is 14.0 Å². The summed E-state index contributed by atoms with van der Waals surface area (Å²) in [6.07, 6.45) is 0. The van der Waals surface area contributed by atoms with E-state index in [1.165, 1.54) is 5.56 Å². The van der Waals surface area contributed by atoms with Crippen molar-refractivity contribution in [3.8, 4) is 11.3 Å². The number of nitrogens with zero attached hydrogens (tertiary/aromatic N) is 2. The zero-order valence-electron chi connectivity index (χ0n) is 11.6. The number of rotatable bonds is 2. The van der Waals surface area contributed by atoms with Gasteiger partial charge in [-0.05, 0) is 31.5 Å². The number of aryl methyl sites for hydroxylation is 2. The molecule has 0 bridgehead atoms. The fourth-order valence-corrected chi connectivity index (χ4v) is 2.56. The number of carbonyl (C=O) groups is 1. The van der Waals surface area contributed by atoms with Crippen molar-refractivity contribution in [3.63, 3.8) is 0 Å². The molecule has 0 aliphatic heterocycles. The van der Waals surface area contributed by atoms with Crippen LogP contribution in [0.1, 0.15) is 21.7 Å². The molecule has 0 saturated heterocycles. The molecule has 5 heteroatoms. The van der Waals surface area contributed by atoms with Crippen LogP contribution in [-0.2, 0) is 7.05 Å². The number of hydrogen-bond donors (Lipinski definition) is 2. The number of hydrogen-bond acceptors (Lipinski definition) is 2. The SMILES string of the molecule is Cc1ccc2c(-c3cc(C(=O)O)[nH]n3)c(C)n(C)c2c1. The van der Waals surface area contributed by atoms with Crippen molar-refractivity contribution < 1.29 is 9.90 Å². The van der Waals surface area contributed by atoms with Crippen LogP contribution in [0.5, 0.6) is 0 Å². The minimum absolute atomic E-state index is 0.100. The third-order valence-electron chi connectivity index (χ3n) is 3.71. The average Bonchev–Trinajstić information content (AvgIpc) is 2.96. The van der Waals surface area contributed by atoms with Crippen molar-refractivity contribution in [1.29, 1.82) is 0 Å². The molecule has 20 heavy (non-hydrogen) atoms. The van der Waals surface area contributed by atoms with E-state index in [4.69, 9.17) is 5.11 Å². The molecule has 1 aromatic carbocycles. The summed E-state index contributed by atoms with van der Waals surface area (Å²) in [4.78, 5) is 11.0. The summed E-state index contributed by atoms with van der Waals surface area (Å²) in [5.41, 5.74) is 5.12. The first kappa shape index (κ1) is 12.5. The molecule has 0 unspecified atom stereocenters. The van der Waals surface area contributed by atoms with Crippen molar-refractivity contribution in [1.82, 2.24) is 14.8 Å². The molecule has 3 aromatic rings. The normalized spacial score (nSPS) is 11.2. The maximum Gasteiger partial charge on any atom is 0.353 e. The van der Waals surface area contributed by atoms with Crippen molar-refractivity contribution in [2.24, 2.45) is 7.05 Å². The van der Waals surface area contributed by atoms with Gasteiger partial charge in [-0.15, -0.1) is 0 Å². The molecule has 0 amide bonds. The molecule has 0 radical (unpaired) electrons. The predicted molar refractivity (Wildman–Crippen MR) is 76.9 cm³/mol. The van der Waals surface area contributed by atoms with Gasteiger partial charge in [0.25, 0.3) is 0 Å². The first-order chi connectivity index (χ1) is 9.49. The number of aromatic nitrogens is 3. The second-order valence-corrected chi connectivity index (χ2v) is 5.01. The number of aromatic amines is 1. The van der Waals surface area contributed by atoms with Crippen molar-refractivity contribution in [2.75, 3.05) is 0 Å². The molecular formula is C15H15N3O2. The monoisotopic (exact) mass is 269 g/mol. The summed E-state index contributed by atoms with van der Waals surface area (Å²) in [7, 11) is 2.01. The van der Waals surface area contributed by atoms with E-state index in [9.17, 15) is 4.79 Å². The van der Waals surface area contributed by atoms with E-state index in [-0.39, 0.29) is 5.69 Å². The molecule has 0 aliphatic rings. The van der Waals surface area contributed by atoms with Crippen LogP contribution < -0.4 is 0 Å². The van der Waals surface area contributed by atoms with Crippen LogP contribution in [0.4, 0.5) is 0 Å². The lowest BCUT2D eigenvalue weighted by molar-refractivity contribution is 0.0690. The third kappa shape index (κ3) is 1.71. The fourth-order valence-electron chi connectivity index (χ4n) is 2.56. The summed E-state index contributed by atoms with van der Waals surface area (Å²) in [6, 6.07) is 7.80. The molecule has 0 fully saturated rings. The molecule has 2 N–H and O–H groups in total. The first-order valence-electron chi connectivity index (χ1n) is 6.33. The van der Waals surface area contributed by atoms with Gasteiger partial charge in [0, 0.05) is 29.2 Å². The Morgan fingerprint density at radius 1 is 1.30 bits per heavy atom. The molecule has 0 aliphatic carbocycles. The summed E-state index contributed by atoms with van der Waals surface area (Å²) < 4.78 is 2.10. The number of carboxylic acid groups (broad SMARTS) is 1. The van der Waals surface area contributed by atoms with E-state index in [1.54, 1.807) is 6.07 Å². The number of fused-ring (bicyclic) bond motifs is 1. The Balaban J connectivity index is 2.30. The molecule has 2 aromatic heterocycles. The van der Waals surface area contributed by atoms with E-state index in [0.717, 1.165) is 22.2 Å². The van der Waals surface area contributed by atoms with Gasteiger partial charge in [0.05, 0.1) is 5.69 Å². The van der Waals surface area contributed by atoms with Gasteiger partial charge < -0.3 is 9.67 Å². The van der Waals surface area contributed by atoms with Gasteiger partial charge in [-0.25, -0.2) is 4.79 Å².